The van der Waals surface area contributed by atoms with E-state index >= 15 is 0 Å². The van der Waals surface area contributed by atoms with Crippen LogP contribution in [-0.4, -0.2) is 42.7 Å². The Balaban J connectivity index is 1.33. The summed E-state index contributed by atoms with van der Waals surface area (Å²) in [5.74, 6) is 0.905. The van der Waals surface area contributed by atoms with E-state index in [0.29, 0.717) is 6.61 Å². The number of nitrogens with one attached hydrogen (secondary N) is 1. The molecular weight excluding hydrogens is 322 g/mol. The summed E-state index contributed by atoms with van der Waals surface area (Å²) in [7, 11) is 0. The number of piperazine rings is 1. The predicted molar refractivity (Wildman–Crippen MR) is 106 cm³/mol. The minimum Gasteiger partial charge on any atom is -0.493 e. The molecule has 0 spiro atoms. The van der Waals surface area contributed by atoms with Crippen LogP contribution in [0.25, 0.3) is 10.9 Å². The van der Waals surface area contributed by atoms with Crippen molar-refractivity contribution in [3.05, 3.63) is 71.9 Å². The fourth-order valence-corrected chi connectivity index (χ4v) is 3.44. The first-order chi connectivity index (χ1) is 12.9. The monoisotopic (exact) mass is 347 g/mol. The lowest BCUT2D eigenvalue weighted by molar-refractivity contribution is 0.233. The van der Waals surface area contributed by atoms with Gasteiger partial charge in [0.05, 0.1) is 12.1 Å². The molecule has 4 nitrogen and oxygen atoms in total. The Hall–Kier alpha value is -2.43. The van der Waals surface area contributed by atoms with Crippen molar-refractivity contribution < 1.29 is 4.74 Å². The smallest absolute Gasteiger partial charge is 0.120 e. The van der Waals surface area contributed by atoms with E-state index in [4.69, 9.17) is 4.74 Å². The quantitative estimate of drug-likeness (QED) is 0.743. The summed E-state index contributed by atoms with van der Waals surface area (Å²) in [4.78, 5) is 6.85. The molecule has 2 aromatic carbocycles. The van der Waals surface area contributed by atoms with Gasteiger partial charge in [-0.2, -0.15) is 0 Å². The van der Waals surface area contributed by atoms with Crippen LogP contribution >= 0.6 is 0 Å². The van der Waals surface area contributed by atoms with Gasteiger partial charge in [-0.25, -0.2) is 0 Å². The van der Waals surface area contributed by atoms with Gasteiger partial charge in [0.1, 0.15) is 5.75 Å². The highest BCUT2D eigenvalue weighted by Gasteiger charge is 2.10. The number of hydrogen-bond donors (Lipinski definition) is 1. The van der Waals surface area contributed by atoms with Gasteiger partial charge >= 0.3 is 0 Å². The molecule has 4 rings (SSSR count). The molecule has 1 aliphatic heterocycles. The molecule has 4 heteroatoms. The normalized spacial score (nSPS) is 15.2. The van der Waals surface area contributed by atoms with E-state index in [-0.39, 0.29) is 0 Å². The van der Waals surface area contributed by atoms with Crippen molar-refractivity contribution in [2.24, 2.45) is 0 Å². The second-order valence-corrected chi connectivity index (χ2v) is 6.80. The first-order valence-corrected chi connectivity index (χ1v) is 9.35. The maximum absolute atomic E-state index is 5.96. The predicted octanol–water partition coefficient (Wildman–Crippen LogP) is 3.26. The number of hydrogen-bond acceptors (Lipinski definition) is 4. The Morgan fingerprint density at radius 1 is 0.962 bits per heavy atom. The average Bonchev–Trinajstić information content (AvgIpc) is 2.69. The molecule has 1 fully saturated rings. The molecule has 1 saturated heterocycles. The molecule has 0 atom stereocenters. The largest absolute Gasteiger partial charge is 0.493 e. The molecular formula is C22H25N3O. The van der Waals surface area contributed by atoms with Gasteiger partial charge in [-0.15, -0.1) is 0 Å². The van der Waals surface area contributed by atoms with E-state index in [1.54, 1.807) is 0 Å². The van der Waals surface area contributed by atoms with Crippen molar-refractivity contribution in [2.45, 2.75) is 13.0 Å². The molecule has 1 N–H and O–H groups in total. The van der Waals surface area contributed by atoms with Crippen LogP contribution in [0, 0.1) is 0 Å². The van der Waals surface area contributed by atoms with Crippen molar-refractivity contribution in [3.63, 3.8) is 0 Å². The summed E-state index contributed by atoms with van der Waals surface area (Å²) in [5, 5.41) is 4.52. The van der Waals surface area contributed by atoms with Crippen molar-refractivity contribution in [2.75, 3.05) is 32.8 Å². The van der Waals surface area contributed by atoms with Crippen LogP contribution in [0.4, 0.5) is 0 Å². The lowest BCUT2D eigenvalue weighted by atomic mass is 10.1. The maximum Gasteiger partial charge on any atom is 0.120 e. The van der Waals surface area contributed by atoms with Crippen LogP contribution in [0.5, 0.6) is 5.75 Å². The second-order valence-electron chi connectivity index (χ2n) is 6.80. The third-order valence-electron chi connectivity index (χ3n) is 4.84. The molecule has 0 bridgehead atoms. The fraction of sp³-hybridized carbons (Fsp3) is 0.318. The van der Waals surface area contributed by atoms with Crippen molar-refractivity contribution in [1.29, 1.82) is 0 Å². The molecule has 3 aromatic rings. The zero-order chi connectivity index (χ0) is 17.6. The van der Waals surface area contributed by atoms with E-state index in [9.17, 15) is 0 Å². The van der Waals surface area contributed by atoms with Crippen molar-refractivity contribution in [1.82, 2.24) is 15.2 Å². The van der Waals surface area contributed by atoms with Crippen molar-refractivity contribution >= 4 is 10.9 Å². The van der Waals surface area contributed by atoms with Gasteiger partial charge < -0.3 is 10.1 Å². The van der Waals surface area contributed by atoms with Gasteiger partial charge in [0.15, 0.2) is 0 Å². The second kappa shape index (κ2) is 8.30. The Kier molecular flexibility index (Phi) is 5.43. The number of benzene rings is 2. The summed E-state index contributed by atoms with van der Waals surface area (Å²) < 4.78 is 5.96. The lowest BCUT2D eigenvalue weighted by Crippen LogP contribution is -2.42. The number of rotatable bonds is 6. The van der Waals surface area contributed by atoms with E-state index in [0.717, 1.165) is 55.8 Å². The molecule has 2 heterocycles. The van der Waals surface area contributed by atoms with E-state index in [1.165, 1.54) is 11.1 Å². The van der Waals surface area contributed by atoms with Crippen LogP contribution < -0.4 is 10.1 Å². The number of pyridine rings is 1. The topological polar surface area (TPSA) is 37.4 Å². The van der Waals surface area contributed by atoms with Crippen LogP contribution in [0.3, 0.4) is 0 Å². The Morgan fingerprint density at radius 2 is 1.85 bits per heavy atom. The summed E-state index contributed by atoms with van der Waals surface area (Å²) in [6.07, 6.45) is 2.73. The minimum absolute atomic E-state index is 0.683. The first-order valence-electron chi connectivity index (χ1n) is 9.35. The molecule has 1 aromatic heterocycles. The SMILES string of the molecule is c1cc(CCOc2ccc3ncccc3c2)cc(CN2CCNCC2)c1. The minimum atomic E-state index is 0.683. The van der Waals surface area contributed by atoms with Gasteiger partial charge in [-0.3, -0.25) is 9.88 Å². The Bertz CT molecular complexity index is 859. The number of aromatic nitrogens is 1. The zero-order valence-electron chi connectivity index (χ0n) is 15.0. The van der Waals surface area contributed by atoms with E-state index < -0.39 is 0 Å². The van der Waals surface area contributed by atoms with Gasteiger partial charge in [-0.05, 0) is 35.4 Å². The summed E-state index contributed by atoms with van der Waals surface area (Å²) in [6.45, 7) is 6.16. The summed E-state index contributed by atoms with van der Waals surface area (Å²) >= 11 is 0. The van der Waals surface area contributed by atoms with Crippen LogP contribution in [0.15, 0.2) is 60.8 Å². The van der Waals surface area contributed by atoms with Crippen LogP contribution in [0.1, 0.15) is 11.1 Å². The maximum atomic E-state index is 5.96. The number of nitrogens with zero attached hydrogens (tertiary/aromatic N) is 2. The molecule has 0 radical (unpaired) electrons. The summed E-state index contributed by atoms with van der Waals surface area (Å²) in [5.41, 5.74) is 3.72. The molecule has 0 amide bonds. The molecule has 0 aliphatic carbocycles. The van der Waals surface area contributed by atoms with Gasteiger partial charge in [0, 0.05) is 50.7 Å². The highest BCUT2D eigenvalue weighted by atomic mass is 16.5. The standard InChI is InChI=1S/C22H25N3O/c1-3-18(15-19(4-1)17-25-12-10-23-11-13-25)8-14-26-21-6-7-22-20(16-21)5-2-9-24-22/h1-7,9,15-16,23H,8,10-14,17H2. The molecule has 0 unspecified atom stereocenters. The Labute approximate surface area is 154 Å². The lowest BCUT2D eigenvalue weighted by Gasteiger charge is -2.27. The first kappa shape index (κ1) is 17.0. The highest BCUT2D eigenvalue weighted by molar-refractivity contribution is 5.79. The van der Waals surface area contributed by atoms with Crippen molar-refractivity contribution in [3.8, 4) is 5.75 Å². The van der Waals surface area contributed by atoms with Gasteiger partial charge in [0.2, 0.25) is 0 Å². The summed E-state index contributed by atoms with van der Waals surface area (Å²) in [6, 6.07) is 19.0. The zero-order valence-corrected chi connectivity index (χ0v) is 15.0. The third-order valence-corrected chi connectivity index (χ3v) is 4.84. The van der Waals surface area contributed by atoms with E-state index in [2.05, 4.69) is 51.6 Å². The highest BCUT2D eigenvalue weighted by Crippen LogP contribution is 2.19. The van der Waals surface area contributed by atoms with Crippen LogP contribution in [-0.2, 0) is 13.0 Å². The number of fused-ring (bicyclic) bond motifs is 1. The Morgan fingerprint density at radius 3 is 2.77 bits per heavy atom. The average molecular weight is 347 g/mol. The molecule has 134 valence electrons. The van der Waals surface area contributed by atoms with Crippen LogP contribution in [0.2, 0.25) is 0 Å². The number of ether oxygens (including phenoxy) is 1. The third kappa shape index (κ3) is 4.40. The molecule has 26 heavy (non-hydrogen) atoms. The van der Waals surface area contributed by atoms with Gasteiger partial charge in [-0.1, -0.05) is 30.3 Å². The fourth-order valence-electron chi connectivity index (χ4n) is 3.44. The molecule has 1 aliphatic rings. The molecule has 0 saturated carbocycles. The van der Waals surface area contributed by atoms with Gasteiger partial charge in [0.25, 0.3) is 0 Å². The van der Waals surface area contributed by atoms with E-state index in [1.807, 2.05) is 24.4 Å².